The molecule has 1 N–H and O–H groups in total. The molecule has 0 unspecified atom stereocenters. The number of hydrogen-bond donors (Lipinski definition) is 1. The Kier molecular flexibility index (Phi) is 5.71. The molecule has 0 fully saturated rings. The van der Waals surface area contributed by atoms with Crippen LogP contribution < -0.4 is 10.1 Å². The summed E-state index contributed by atoms with van der Waals surface area (Å²) in [5, 5.41) is 11.3. The van der Waals surface area contributed by atoms with Crippen molar-refractivity contribution in [2.75, 3.05) is 20.3 Å². The minimum Gasteiger partial charge on any atom is -0.487 e. The smallest absolute Gasteiger partial charge is 0.134 e. The van der Waals surface area contributed by atoms with E-state index in [1.165, 1.54) is 5.56 Å². The standard InChI is InChI=1S/C15H22N4O2/c1-12-4-5-15(13(8-12)9-16-6-7-20-3)21-11-14-10-19(2)18-17-14/h4-5,8,10,16H,6-7,9,11H2,1-3H3. The van der Waals surface area contributed by atoms with Gasteiger partial charge in [-0.25, -0.2) is 0 Å². The molecule has 21 heavy (non-hydrogen) atoms. The van der Waals surface area contributed by atoms with Crippen molar-refractivity contribution >= 4 is 0 Å². The molecule has 2 rings (SSSR count). The fourth-order valence-electron chi connectivity index (χ4n) is 2.00. The lowest BCUT2D eigenvalue weighted by Crippen LogP contribution is -2.19. The number of rotatable bonds is 8. The number of ether oxygens (including phenoxy) is 2. The van der Waals surface area contributed by atoms with Crippen LogP contribution >= 0.6 is 0 Å². The maximum Gasteiger partial charge on any atom is 0.134 e. The van der Waals surface area contributed by atoms with Crippen LogP contribution in [-0.4, -0.2) is 35.3 Å². The second-order valence-corrected chi connectivity index (χ2v) is 4.95. The maximum absolute atomic E-state index is 5.86. The van der Waals surface area contributed by atoms with Gasteiger partial charge >= 0.3 is 0 Å². The average Bonchev–Trinajstić information content (AvgIpc) is 2.88. The number of aromatic nitrogens is 3. The van der Waals surface area contributed by atoms with Crippen molar-refractivity contribution in [3.63, 3.8) is 0 Å². The fourth-order valence-corrected chi connectivity index (χ4v) is 2.00. The van der Waals surface area contributed by atoms with E-state index in [9.17, 15) is 0 Å². The molecular formula is C15H22N4O2. The normalized spacial score (nSPS) is 10.8. The van der Waals surface area contributed by atoms with Crippen LogP contribution in [0.3, 0.4) is 0 Å². The molecule has 1 aromatic heterocycles. The number of hydrogen-bond acceptors (Lipinski definition) is 5. The number of nitrogens with zero attached hydrogens (tertiary/aromatic N) is 3. The van der Waals surface area contributed by atoms with Gasteiger partial charge in [-0.1, -0.05) is 22.9 Å². The second-order valence-electron chi connectivity index (χ2n) is 4.95. The molecule has 1 heterocycles. The molecule has 6 nitrogen and oxygen atoms in total. The Morgan fingerprint density at radius 1 is 1.33 bits per heavy atom. The lowest BCUT2D eigenvalue weighted by atomic mass is 10.1. The predicted molar refractivity (Wildman–Crippen MR) is 80.1 cm³/mol. The van der Waals surface area contributed by atoms with Crippen LogP contribution in [0.2, 0.25) is 0 Å². The summed E-state index contributed by atoms with van der Waals surface area (Å²) in [5.74, 6) is 0.871. The van der Waals surface area contributed by atoms with E-state index in [1.54, 1.807) is 11.8 Å². The summed E-state index contributed by atoms with van der Waals surface area (Å²) in [6, 6.07) is 6.18. The Morgan fingerprint density at radius 3 is 2.90 bits per heavy atom. The number of aryl methyl sites for hydroxylation is 2. The molecule has 0 saturated carbocycles. The minimum absolute atomic E-state index is 0.419. The monoisotopic (exact) mass is 290 g/mol. The van der Waals surface area contributed by atoms with Crippen molar-refractivity contribution in [2.45, 2.75) is 20.1 Å². The van der Waals surface area contributed by atoms with Crippen molar-refractivity contribution in [2.24, 2.45) is 7.05 Å². The van der Waals surface area contributed by atoms with Crippen molar-refractivity contribution < 1.29 is 9.47 Å². The first-order chi connectivity index (χ1) is 10.2. The van der Waals surface area contributed by atoms with Gasteiger partial charge in [0, 0.05) is 32.8 Å². The molecule has 0 amide bonds. The second kappa shape index (κ2) is 7.75. The van der Waals surface area contributed by atoms with Gasteiger partial charge in [0.25, 0.3) is 0 Å². The lowest BCUT2D eigenvalue weighted by Gasteiger charge is -2.12. The zero-order chi connectivity index (χ0) is 15.1. The largest absolute Gasteiger partial charge is 0.487 e. The van der Waals surface area contributed by atoms with Gasteiger partial charge in [0.05, 0.1) is 12.8 Å². The third kappa shape index (κ3) is 4.84. The van der Waals surface area contributed by atoms with E-state index in [-0.39, 0.29) is 0 Å². The molecule has 2 aromatic rings. The van der Waals surface area contributed by atoms with Gasteiger partial charge in [-0.2, -0.15) is 0 Å². The SMILES string of the molecule is COCCNCc1cc(C)ccc1OCc1cn(C)nn1. The van der Waals surface area contributed by atoms with Crippen molar-refractivity contribution in [3.8, 4) is 5.75 Å². The molecule has 6 heteroatoms. The first-order valence-electron chi connectivity index (χ1n) is 6.96. The van der Waals surface area contributed by atoms with Gasteiger partial charge in [0.1, 0.15) is 18.1 Å². The Morgan fingerprint density at radius 2 is 2.19 bits per heavy atom. The summed E-state index contributed by atoms with van der Waals surface area (Å²) < 4.78 is 12.6. The highest BCUT2D eigenvalue weighted by Crippen LogP contribution is 2.21. The molecule has 0 atom stereocenters. The highest BCUT2D eigenvalue weighted by Gasteiger charge is 2.06. The number of nitrogens with one attached hydrogen (secondary N) is 1. The molecule has 0 aliphatic rings. The van der Waals surface area contributed by atoms with Crippen LogP contribution in [0.4, 0.5) is 0 Å². The lowest BCUT2D eigenvalue weighted by molar-refractivity contribution is 0.199. The van der Waals surface area contributed by atoms with Gasteiger partial charge < -0.3 is 14.8 Å². The highest BCUT2D eigenvalue weighted by molar-refractivity contribution is 5.36. The van der Waals surface area contributed by atoms with E-state index in [2.05, 4.69) is 28.6 Å². The predicted octanol–water partition coefficient (Wildman–Crippen LogP) is 1.44. The van der Waals surface area contributed by atoms with Crippen LogP contribution in [-0.2, 0) is 24.9 Å². The maximum atomic E-state index is 5.86. The quantitative estimate of drug-likeness (QED) is 0.745. The molecular weight excluding hydrogens is 268 g/mol. The van der Waals surface area contributed by atoms with Gasteiger partial charge in [-0.15, -0.1) is 5.10 Å². The van der Waals surface area contributed by atoms with Gasteiger partial charge in [0.2, 0.25) is 0 Å². The first-order valence-corrected chi connectivity index (χ1v) is 6.96. The minimum atomic E-state index is 0.419. The van der Waals surface area contributed by atoms with Crippen LogP contribution in [0, 0.1) is 6.92 Å². The summed E-state index contributed by atoms with van der Waals surface area (Å²) in [6.45, 7) is 4.75. The van der Waals surface area contributed by atoms with Crippen molar-refractivity contribution in [1.82, 2.24) is 20.3 Å². The molecule has 0 bridgehead atoms. The molecule has 0 radical (unpaired) electrons. The van der Waals surface area contributed by atoms with E-state index in [4.69, 9.17) is 9.47 Å². The van der Waals surface area contributed by atoms with Crippen LogP contribution in [0.25, 0.3) is 0 Å². The molecule has 114 valence electrons. The molecule has 0 saturated heterocycles. The summed E-state index contributed by atoms with van der Waals surface area (Å²) in [5.41, 5.74) is 3.16. The summed E-state index contributed by atoms with van der Waals surface area (Å²) in [6.07, 6.45) is 1.85. The van der Waals surface area contributed by atoms with Crippen LogP contribution in [0.5, 0.6) is 5.75 Å². The first kappa shape index (κ1) is 15.5. The average molecular weight is 290 g/mol. The van der Waals surface area contributed by atoms with Crippen molar-refractivity contribution in [1.29, 1.82) is 0 Å². The Balaban J connectivity index is 1.97. The van der Waals surface area contributed by atoms with Gasteiger partial charge in [0.15, 0.2) is 0 Å². The van der Waals surface area contributed by atoms with Gasteiger partial charge in [-0.3, -0.25) is 4.68 Å². The zero-order valence-electron chi connectivity index (χ0n) is 12.8. The van der Waals surface area contributed by atoms with Crippen LogP contribution in [0.15, 0.2) is 24.4 Å². The van der Waals surface area contributed by atoms with Crippen LogP contribution in [0.1, 0.15) is 16.8 Å². The Labute approximate surface area is 125 Å². The van der Waals surface area contributed by atoms with Crippen molar-refractivity contribution in [3.05, 3.63) is 41.2 Å². The molecule has 0 spiro atoms. The van der Waals surface area contributed by atoms with E-state index < -0.39 is 0 Å². The van der Waals surface area contributed by atoms with E-state index in [0.717, 1.165) is 30.1 Å². The summed E-state index contributed by atoms with van der Waals surface area (Å²) in [4.78, 5) is 0. The third-order valence-corrected chi connectivity index (χ3v) is 3.04. The zero-order valence-corrected chi connectivity index (χ0v) is 12.8. The summed E-state index contributed by atoms with van der Waals surface area (Å²) in [7, 11) is 3.54. The molecule has 0 aliphatic heterocycles. The fraction of sp³-hybridized carbons (Fsp3) is 0.467. The number of methoxy groups -OCH3 is 1. The van der Waals surface area contributed by atoms with E-state index in [1.807, 2.05) is 25.4 Å². The van der Waals surface area contributed by atoms with Gasteiger partial charge in [-0.05, 0) is 13.0 Å². The number of benzene rings is 1. The molecule has 1 aromatic carbocycles. The molecule has 0 aliphatic carbocycles. The highest BCUT2D eigenvalue weighted by atomic mass is 16.5. The Hall–Kier alpha value is -1.92. The van der Waals surface area contributed by atoms with E-state index in [0.29, 0.717) is 13.2 Å². The van der Waals surface area contributed by atoms with E-state index >= 15 is 0 Å². The third-order valence-electron chi connectivity index (χ3n) is 3.04. The topological polar surface area (TPSA) is 61.2 Å². The summed E-state index contributed by atoms with van der Waals surface area (Å²) >= 11 is 0. The Bertz CT molecular complexity index is 569.